The van der Waals surface area contributed by atoms with E-state index in [2.05, 4.69) is 22.9 Å². The quantitative estimate of drug-likeness (QED) is 0.659. The van der Waals surface area contributed by atoms with E-state index in [1.165, 1.54) is 12.8 Å². The first-order valence-corrected chi connectivity index (χ1v) is 9.58. The Labute approximate surface area is 130 Å². The molecule has 2 nitrogen and oxygen atoms in total. The molecular formula is C16H21BrO2S. The van der Waals surface area contributed by atoms with Crippen molar-refractivity contribution in [2.75, 3.05) is 0 Å². The predicted octanol–water partition coefficient (Wildman–Crippen LogP) is 5.16. The summed E-state index contributed by atoms with van der Waals surface area (Å²) in [7, 11) is -3.14. The maximum atomic E-state index is 12.6. The number of unbranched alkanes of at least 4 members (excludes halogenated alkanes) is 3. The summed E-state index contributed by atoms with van der Waals surface area (Å²) in [5, 5.41) is -0.378. The second-order valence-corrected chi connectivity index (χ2v) is 8.40. The fourth-order valence-electron chi connectivity index (χ4n) is 2.63. The molecule has 1 aromatic carbocycles. The van der Waals surface area contributed by atoms with Crippen molar-refractivity contribution in [3.63, 3.8) is 0 Å². The van der Waals surface area contributed by atoms with E-state index in [1.807, 2.05) is 30.3 Å². The number of allylic oxidation sites excluding steroid dienone is 2. The normalized spacial score (nSPS) is 20.9. The zero-order valence-corrected chi connectivity index (χ0v) is 14.2. The van der Waals surface area contributed by atoms with Crippen LogP contribution in [0.5, 0.6) is 0 Å². The topological polar surface area (TPSA) is 34.1 Å². The van der Waals surface area contributed by atoms with E-state index in [4.69, 9.17) is 0 Å². The van der Waals surface area contributed by atoms with Gasteiger partial charge in [0.2, 0.25) is 0 Å². The minimum Gasteiger partial charge on any atom is -0.223 e. The molecule has 1 aromatic rings. The molecule has 0 saturated carbocycles. The van der Waals surface area contributed by atoms with Crippen molar-refractivity contribution < 1.29 is 8.42 Å². The number of sulfone groups is 1. The van der Waals surface area contributed by atoms with Gasteiger partial charge in [-0.2, -0.15) is 0 Å². The lowest BCUT2D eigenvalue weighted by Crippen LogP contribution is -2.09. The minimum atomic E-state index is -3.14. The summed E-state index contributed by atoms with van der Waals surface area (Å²) in [4.78, 5) is 0.654. The highest BCUT2D eigenvalue weighted by molar-refractivity contribution is 9.10. The number of benzene rings is 1. The molecule has 0 bridgehead atoms. The van der Waals surface area contributed by atoms with Crippen molar-refractivity contribution in [1.82, 2.24) is 0 Å². The monoisotopic (exact) mass is 356 g/mol. The second-order valence-electron chi connectivity index (χ2n) is 5.30. The number of hydrogen-bond donors (Lipinski definition) is 0. The summed E-state index contributed by atoms with van der Waals surface area (Å²) in [5.41, 5.74) is 0.896. The molecule has 0 amide bonds. The van der Waals surface area contributed by atoms with E-state index >= 15 is 0 Å². The summed E-state index contributed by atoms with van der Waals surface area (Å²) in [6, 6.07) is 7.62. The van der Waals surface area contributed by atoms with Gasteiger partial charge in [0.15, 0.2) is 9.84 Å². The summed E-state index contributed by atoms with van der Waals surface area (Å²) in [6.07, 6.45) is 7.70. The van der Waals surface area contributed by atoms with Crippen molar-refractivity contribution >= 4 is 25.8 Å². The summed E-state index contributed by atoms with van der Waals surface area (Å²) < 4.78 is 26.1. The van der Waals surface area contributed by atoms with Crippen LogP contribution >= 0.6 is 15.9 Å². The third-order valence-electron chi connectivity index (χ3n) is 3.82. The zero-order chi connectivity index (χ0) is 14.6. The molecule has 0 spiro atoms. The molecule has 1 aliphatic heterocycles. The number of halogens is 1. The molecule has 2 rings (SSSR count). The third-order valence-corrected chi connectivity index (χ3v) is 6.66. The molecular weight excluding hydrogens is 336 g/mol. The smallest absolute Gasteiger partial charge is 0.181 e. The van der Waals surface area contributed by atoms with Crippen molar-refractivity contribution in [2.24, 2.45) is 0 Å². The molecule has 1 unspecified atom stereocenters. The maximum Gasteiger partial charge on any atom is 0.181 e. The van der Waals surface area contributed by atoms with Crippen molar-refractivity contribution in [3.8, 4) is 0 Å². The van der Waals surface area contributed by atoms with E-state index in [9.17, 15) is 8.42 Å². The molecule has 20 heavy (non-hydrogen) atoms. The standard InChI is InChI=1S/C16H21BrO2S/c1-2-3-4-5-6-15-11-12-16(20(15,18)19)13-7-9-14(17)10-8-13/h7-11,16H,2-6,12H2,1H3. The largest absolute Gasteiger partial charge is 0.223 e. The molecule has 0 N–H and O–H groups in total. The molecule has 0 radical (unpaired) electrons. The van der Waals surface area contributed by atoms with Crippen LogP contribution in [-0.4, -0.2) is 8.42 Å². The summed E-state index contributed by atoms with van der Waals surface area (Å²) in [6.45, 7) is 2.16. The van der Waals surface area contributed by atoms with E-state index in [0.717, 1.165) is 22.9 Å². The highest BCUT2D eigenvalue weighted by Crippen LogP contribution is 2.39. The van der Waals surface area contributed by atoms with Crippen LogP contribution in [-0.2, 0) is 9.84 Å². The molecule has 0 aromatic heterocycles. The Morgan fingerprint density at radius 3 is 2.50 bits per heavy atom. The van der Waals surface area contributed by atoms with Gasteiger partial charge in [-0.15, -0.1) is 0 Å². The molecule has 1 heterocycles. The second kappa shape index (κ2) is 6.90. The molecule has 4 heteroatoms. The van der Waals surface area contributed by atoms with Crippen molar-refractivity contribution in [2.45, 2.75) is 50.7 Å². The first-order chi connectivity index (χ1) is 9.55. The van der Waals surface area contributed by atoms with Gasteiger partial charge in [0, 0.05) is 9.38 Å². The Kier molecular flexibility index (Phi) is 5.44. The first-order valence-electron chi connectivity index (χ1n) is 7.24. The number of hydrogen-bond acceptors (Lipinski definition) is 2. The van der Waals surface area contributed by atoms with Crippen LogP contribution in [0.15, 0.2) is 39.7 Å². The minimum absolute atomic E-state index is 0.378. The van der Waals surface area contributed by atoms with E-state index < -0.39 is 9.84 Å². The van der Waals surface area contributed by atoms with Gasteiger partial charge >= 0.3 is 0 Å². The summed E-state index contributed by atoms with van der Waals surface area (Å²) in [5.74, 6) is 0. The lowest BCUT2D eigenvalue weighted by Gasteiger charge is -2.12. The lowest BCUT2D eigenvalue weighted by atomic mass is 10.1. The van der Waals surface area contributed by atoms with Gasteiger partial charge in [-0.05, 0) is 37.0 Å². The highest BCUT2D eigenvalue weighted by atomic mass is 79.9. The van der Waals surface area contributed by atoms with Gasteiger partial charge in [0.1, 0.15) is 0 Å². The van der Waals surface area contributed by atoms with Crippen LogP contribution in [0.4, 0.5) is 0 Å². The van der Waals surface area contributed by atoms with Crippen LogP contribution in [0.25, 0.3) is 0 Å². The van der Waals surface area contributed by atoms with Gasteiger partial charge in [-0.25, -0.2) is 8.42 Å². The van der Waals surface area contributed by atoms with E-state index in [-0.39, 0.29) is 5.25 Å². The van der Waals surface area contributed by atoms with E-state index in [0.29, 0.717) is 17.7 Å². The Morgan fingerprint density at radius 2 is 1.85 bits per heavy atom. The highest BCUT2D eigenvalue weighted by Gasteiger charge is 2.34. The summed E-state index contributed by atoms with van der Waals surface area (Å²) >= 11 is 3.38. The zero-order valence-electron chi connectivity index (χ0n) is 11.8. The predicted molar refractivity (Wildman–Crippen MR) is 87.3 cm³/mol. The molecule has 110 valence electrons. The Bertz CT molecular complexity index is 573. The van der Waals surface area contributed by atoms with Crippen LogP contribution in [0, 0.1) is 0 Å². The Balaban J connectivity index is 2.04. The van der Waals surface area contributed by atoms with Crippen LogP contribution < -0.4 is 0 Å². The Hall–Kier alpha value is -0.610. The van der Waals surface area contributed by atoms with Crippen LogP contribution in [0.2, 0.25) is 0 Å². The van der Waals surface area contributed by atoms with Crippen LogP contribution in [0.1, 0.15) is 56.3 Å². The fraction of sp³-hybridized carbons (Fsp3) is 0.500. The van der Waals surface area contributed by atoms with Crippen LogP contribution in [0.3, 0.4) is 0 Å². The molecule has 1 aliphatic rings. The molecule has 0 aliphatic carbocycles. The van der Waals surface area contributed by atoms with Crippen molar-refractivity contribution in [3.05, 3.63) is 45.3 Å². The first kappa shape index (κ1) is 15.8. The van der Waals surface area contributed by atoms with Crippen molar-refractivity contribution in [1.29, 1.82) is 0 Å². The lowest BCUT2D eigenvalue weighted by molar-refractivity contribution is 0.589. The average Bonchev–Trinajstić information content (AvgIpc) is 2.71. The fourth-order valence-corrected chi connectivity index (χ4v) is 4.88. The SMILES string of the molecule is CCCCCCC1=CCC(c2ccc(Br)cc2)S1(=O)=O. The average molecular weight is 357 g/mol. The van der Waals surface area contributed by atoms with Gasteiger partial charge < -0.3 is 0 Å². The molecule has 1 atom stereocenters. The van der Waals surface area contributed by atoms with Gasteiger partial charge in [0.25, 0.3) is 0 Å². The van der Waals surface area contributed by atoms with Gasteiger partial charge in [-0.3, -0.25) is 0 Å². The Morgan fingerprint density at radius 1 is 1.15 bits per heavy atom. The van der Waals surface area contributed by atoms with Gasteiger partial charge in [-0.1, -0.05) is 60.3 Å². The van der Waals surface area contributed by atoms with Gasteiger partial charge in [0.05, 0.1) is 5.25 Å². The van der Waals surface area contributed by atoms with E-state index in [1.54, 1.807) is 0 Å². The molecule has 0 fully saturated rings. The number of rotatable bonds is 6. The molecule has 0 saturated heterocycles. The maximum absolute atomic E-state index is 12.6. The third kappa shape index (κ3) is 3.53.